The Kier molecular flexibility index (Phi) is 5.46. The topological polar surface area (TPSA) is 18.5 Å². The van der Waals surface area contributed by atoms with E-state index in [9.17, 15) is 0 Å². The highest BCUT2D eigenvalue weighted by Crippen LogP contribution is 2.19. The molecule has 0 aliphatic carbocycles. The van der Waals surface area contributed by atoms with E-state index in [1.54, 1.807) is 0 Å². The molecule has 0 radical (unpaired) electrons. The van der Waals surface area contributed by atoms with Gasteiger partial charge in [-0.05, 0) is 71.2 Å². The van der Waals surface area contributed by atoms with Gasteiger partial charge in [-0.25, -0.2) is 0 Å². The van der Waals surface area contributed by atoms with Gasteiger partial charge in [0.25, 0.3) is 0 Å². The van der Waals surface area contributed by atoms with E-state index < -0.39 is 0 Å². The minimum atomic E-state index is 0.718. The summed E-state index contributed by atoms with van der Waals surface area (Å²) in [5.41, 5.74) is 0. The molecule has 2 rings (SSSR count). The standard InChI is InChI=1S/C15H31N3/c1-13-5-4-8-16-15(13)12-18(3)11-14-6-9-17(2)10-7-14/h13-16H,4-12H2,1-3H3. The third-order valence-electron chi connectivity index (χ3n) is 4.85. The first kappa shape index (κ1) is 14.3. The zero-order chi connectivity index (χ0) is 13.0. The highest BCUT2D eigenvalue weighted by atomic mass is 15.1. The first-order valence-electron chi connectivity index (χ1n) is 7.75. The van der Waals surface area contributed by atoms with Crippen LogP contribution < -0.4 is 5.32 Å². The van der Waals surface area contributed by atoms with Gasteiger partial charge in [0.15, 0.2) is 0 Å². The highest BCUT2D eigenvalue weighted by molar-refractivity contribution is 4.82. The summed E-state index contributed by atoms with van der Waals surface area (Å²) < 4.78 is 0. The molecule has 0 spiro atoms. The van der Waals surface area contributed by atoms with Crippen LogP contribution in [-0.4, -0.2) is 62.7 Å². The molecule has 2 heterocycles. The monoisotopic (exact) mass is 253 g/mol. The number of rotatable bonds is 4. The van der Waals surface area contributed by atoms with E-state index >= 15 is 0 Å². The summed E-state index contributed by atoms with van der Waals surface area (Å²) in [6, 6.07) is 0.718. The van der Waals surface area contributed by atoms with Crippen LogP contribution in [-0.2, 0) is 0 Å². The molecule has 0 bridgehead atoms. The van der Waals surface area contributed by atoms with Gasteiger partial charge in [-0.3, -0.25) is 0 Å². The molecule has 0 amide bonds. The molecule has 2 unspecified atom stereocenters. The second-order valence-corrected chi connectivity index (χ2v) is 6.65. The van der Waals surface area contributed by atoms with Gasteiger partial charge in [0.05, 0.1) is 0 Å². The maximum atomic E-state index is 3.69. The number of likely N-dealkylation sites (N-methyl/N-ethyl adjacent to an activating group) is 1. The molecule has 2 fully saturated rings. The Morgan fingerprint density at radius 1 is 1.17 bits per heavy atom. The largest absolute Gasteiger partial charge is 0.312 e. The van der Waals surface area contributed by atoms with E-state index in [1.165, 1.54) is 58.4 Å². The van der Waals surface area contributed by atoms with E-state index in [0.717, 1.165) is 17.9 Å². The number of nitrogens with one attached hydrogen (secondary N) is 1. The molecule has 3 heteroatoms. The highest BCUT2D eigenvalue weighted by Gasteiger charge is 2.24. The van der Waals surface area contributed by atoms with Crippen LogP contribution in [0.3, 0.4) is 0 Å². The minimum Gasteiger partial charge on any atom is -0.312 e. The first-order chi connectivity index (χ1) is 8.65. The molecule has 106 valence electrons. The van der Waals surface area contributed by atoms with Gasteiger partial charge in [-0.1, -0.05) is 6.92 Å². The molecule has 2 saturated heterocycles. The summed E-state index contributed by atoms with van der Waals surface area (Å²) in [4.78, 5) is 5.02. The predicted octanol–water partition coefficient (Wildman–Crippen LogP) is 1.65. The van der Waals surface area contributed by atoms with Crippen molar-refractivity contribution in [2.75, 3.05) is 46.8 Å². The maximum Gasteiger partial charge on any atom is 0.0220 e. The Hall–Kier alpha value is -0.120. The van der Waals surface area contributed by atoms with Crippen LogP contribution in [0, 0.1) is 11.8 Å². The average Bonchev–Trinajstić information content (AvgIpc) is 2.35. The second kappa shape index (κ2) is 6.88. The van der Waals surface area contributed by atoms with Crippen LogP contribution >= 0.6 is 0 Å². The van der Waals surface area contributed by atoms with E-state index in [0.29, 0.717) is 0 Å². The lowest BCUT2D eigenvalue weighted by atomic mass is 9.91. The lowest BCUT2D eigenvalue weighted by molar-refractivity contribution is 0.154. The lowest BCUT2D eigenvalue weighted by Gasteiger charge is -2.36. The number of piperidine rings is 2. The summed E-state index contributed by atoms with van der Waals surface area (Å²) in [6.07, 6.45) is 5.53. The zero-order valence-corrected chi connectivity index (χ0v) is 12.5. The molecule has 0 saturated carbocycles. The van der Waals surface area contributed by atoms with Crippen LogP contribution in [0.5, 0.6) is 0 Å². The SMILES string of the molecule is CC1CCCNC1CN(C)CC1CCN(C)CC1. The summed E-state index contributed by atoms with van der Waals surface area (Å²) in [5.74, 6) is 1.77. The van der Waals surface area contributed by atoms with E-state index in [1.807, 2.05) is 0 Å². The van der Waals surface area contributed by atoms with Gasteiger partial charge in [-0.15, -0.1) is 0 Å². The van der Waals surface area contributed by atoms with Gasteiger partial charge in [0, 0.05) is 19.1 Å². The first-order valence-corrected chi connectivity index (χ1v) is 7.75. The summed E-state index contributed by atoms with van der Waals surface area (Å²) >= 11 is 0. The predicted molar refractivity (Wildman–Crippen MR) is 77.9 cm³/mol. The van der Waals surface area contributed by atoms with Crippen LogP contribution in [0.1, 0.15) is 32.6 Å². The fourth-order valence-electron chi connectivity index (χ4n) is 3.45. The second-order valence-electron chi connectivity index (χ2n) is 6.65. The number of nitrogens with zero attached hydrogens (tertiary/aromatic N) is 2. The molecule has 0 aromatic carbocycles. The van der Waals surface area contributed by atoms with Crippen molar-refractivity contribution >= 4 is 0 Å². The zero-order valence-electron chi connectivity index (χ0n) is 12.5. The van der Waals surface area contributed by atoms with Crippen LogP contribution in [0.2, 0.25) is 0 Å². The molecule has 1 N–H and O–H groups in total. The van der Waals surface area contributed by atoms with Gasteiger partial charge in [0.2, 0.25) is 0 Å². The van der Waals surface area contributed by atoms with Crippen molar-refractivity contribution in [3.63, 3.8) is 0 Å². The Balaban J connectivity index is 1.69. The normalized spacial score (nSPS) is 32.0. The fourth-order valence-corrected chi connectivity index (χ4v) is 3.45. The van der Waals surface area contributed by atoms with Crippen LogP contribution in [0.25, 0.3) is 0 Å². The number of hydrogen-bond acceptors (Lipinski definition) is 3. The molecule has 2 atom stereocenters. The van der Waals surface area contributed by atoms with Crippen molar-refractivity contribution in [2.24, 2.45) is 11.8 Å². The molecule has 2 aliphatic heterocycles. The molecule has 3 nitrogen and oxygen atoms in total. The molecule has 0 aromatic rings. The van der Waals surface area contributed by atoms with Crippen molar-refractivity contribution < 1.29 is 0 Å². The van der Waals surface area contributed by atoms with Crippen LogP contribution in [0.4, 0.5) is 0 Å². The minimum absolute atomic E-state index is 0.718. The average molecular weight is 253 g/mol. The van der Waals surface area contributed by atoms with E-state index in [4.69, 9.17) is 0 Å². The van der Waals surface area contributed by atoms with Gasteiger partial charge >= 0.3 is 0 Å². The van der Waals surface area contributed by atoms with Gasteiger partial charge in [-0.2, -0.15) is 0 Å². The molecule has 18 heavy (non-hydrogen) atoms. The van der Waals surface area contributed by atoms with Crippen LogP contribution in [0.15, 0.2) is 0 Å². The number of likely N-dealkylation sites (tertiary alicyclic amines) is 1. The lowest BCUT2D eigenvalue weighted by Crippen LogP contribution is -2.48. The Morgan fingerprint density at radius 3 is 2.56 bits per heavy atom. The Morgan fingerprint density at radius 2 is 1.89 bits per heavy atom. The molecule has 0 aromatic heterocycles. The van der Waals surface area contributed by atoms with Crippen molar-refractivity contribution in [3.05, 3.63) is 0 Å². The summed E-state index contributed by atoms with van der Waals surface area (Å²) in [6.45, 7) is 8.72. The van der Waals surface area contributed by atoms with Crippen molar-refractivity contribution in [3.8, 4) is 0 Å². The van der Waals surface area contributed by atoms with E-state index in [2.05, 4.69) is 36.1 Å². The van der Waals surface area contributed by atoms with Crippen molar-refractivity contribution in [2.45, 2.75) is 38.6 Å². The van der Waals surface area contributed by atoms with Gasteiger partial charge in [0.1, 0.15) is 0 Å². The quantitative estimate of drug-likeness (QED) is 0.822. The summed E-state index contributed by atoms with van der Waals surface area (Å²) in [7, 11) is 4.55. The van der Waals surface area contributed by atoms with Gasteiger partial charge < -0.3 is 15.1 Å². The van der Waals surface area contributed by atoms with Crippen molar-refractivity contribution in [1.82, 2.24) is 15.1 Å². The Bertz CT molecular complexity index is 236. The van der Waals surface area contributed by atoms with E-state index in [-0.39, 0.29) is 0 Å². The van der Waals surface area contributed by atoms with Crippen molar-refractivity contribution in [1.29, 1.82) is 0 Å². The third kappa shape index (κ3) is 4.22. The Labute approximate surface area is 113 Å². The number of hydrogen-bond donors (Lipinski definition) is 1. The molecular weight excluding hydrogens is 222 g/mol. The summed E-state index contributed by atoms with van der Waals surface area (Å²) in [5, 5.41) is 3.69. The maximum absolute atomic E-state index is 3.69. The smallest absolute Gasteiger partial charge is 0.0220 e. The molecule has 2 aliphatic rings. The third-order valence-corrected chi connectivity index (χ3v) is 4.85. The molecular formula is C15H31N3. The fraction of sp³-hybridized carbons (Fsp3) is 1.00.